The first-order chi connectivity index (χ1) is 15.1. The Morgan fingerprint density at radius 1 is 1.03 bits per heavy atom. The van der Waals surface area contributed by atoms with E-state index in [0.29, 0.717) is 0 Å². The van der Waals surface area contributed by atoms with Gasteiger partial charge in [-0.3, -0.25) is 0 Å². The van der Waals surface area contributed by atoms with Crippen LogP contribution in [0, 0.1) is 5.95 Å². The lowest BCUT2D eigenvalue weighted by molar-refractivity contribution is 0.0112. The lowest BCUT2D eigenvalue weighted by Gasteiger charge is -2.18. The van der Waals surface area contributed by atoms with Crippen molar-refractivity contribution < 1.29 is 24.1 Å². The van der Waals surface area contributed by atoms with Gasteiger partial charge in [-0.1, -0.05) is 54.6 Å². The summed E-state index contributed by atoms with van der Waals surface area (Å²) >= 11 is 0. The summed E-state index contributed by atoms with van der Waals surface area (Å²) in [7, 11) is 0. The van der Waals surface area contributed by atoms with Gasteiger partial charge in [0.1, 0.15) is 12.7 Å². The lowest BCUT2D eigenvalue weighted by atomic mass is 9.98. The average Bonchev–Trinajstić information content (AvgIpc) is 3.11. The fourth-order valence-electron chi connectivity index (χ4n) is 3.96. The summed E-state index contributed by atoms with van der Waals surface area (Å²) in [5.74, 6) is -0.877. The molecule has 6 nitrogen and oxygen atoms in total. The molecule has 1 amide bonds. The number of ether oxygens (including phenoxy) is 1. The second kappa shape index (κ2) is 9.24. The molecule has 31 heavy (non-hydrogen) atoms. The number of nitrogens with zero attached hydrogens (tertiary/aromatic N) is 1. The standard InChI is InChI=1S/C24H23FN2O4/c25-23-19(10-5-12-26-23)22(29)21(28)11-13-27-24(30)31-14-20-17-8-3-1-6-15(17)16-7-2-4-9-18(16)20/h1-10,12,20-22,28-29H,11,13-14H2,(H,27,30). The largest absolute Gasteiger partial charge is 0.449 e. The molecule has 0 fully saturated rings. The number of aliphatic hydroxyl groups is 2. The summed E-state index contributed by atoms with van der Waals surface area (Å²) in [4.78, 5) is 15.6. The molecule has 7 heteroatoms. The van der Waals surface area contributed by atoms with Gasteiger partial charge in [0.15, 0.2) is 0 Å². The Hall–Kier alpha value is -3.29. The van der Waals surface area contributed by atoms with E-state index in [0.717, 1.165) is 22.3 Å². The third kappa shape index (κ3) is 4.42. The van der Waals surface area contributed by atoms with E-state index in [1.54, 1.807) is 0 Å². The zero-order valence-electron chi connectivity index (χ0n) is 16.7. The van der Waals surface area contributed by atoms with Crippen molar-refractivity contribution in [1.29, 1.82) is 0 Å². The van der Waals surface area contributed by atoms with Crippen LogP contribution in [0.5, 0.6) is 0 Å². The summed E-state index contributed by atoms with van der Waals surface area (Å²) in [5.41, 5.74) is 4.44. The van der Waals surface area contributed by atoms with E-state index in [2.05, 4.69) is 22.4 Å². The van der Waals surface area contributed by atoms with Crippen molar-refractivity contribution in [3.05, 3.63) is 89.5 Å². The fraction of sp³-hybridized carbons (Fsp3) is 0.250. The smallest absolute Gasteiger partial charge is 0.407 e. The van der Waals surface area contributed by atoms with E-state index in [1.165, 1.54) is 18.3 Å². The van der Waals surface area contributed by atoms with Crippen LogP contribution in [0.4, 0.5) is 9.18 Å². The van der Waals surface area contributed by atoms with E-state index >= 15 is 0 Å². The van der Waals surface area contributed by atoms with Crippen molar-refractivity contribution in [2.24, 2.45) is 0 Å². The third-order valence-electron chi connectivity index (χ3n) is 5.52. The number of aromatic nitrogens is 1. The number of fused-ring (bicyclic) bond motifs is 3. The minimum absolute atomic E-state index is 0.0275. The number of hydrogen-bond donors (Lipinski definition) is 3. The molecular formula is C24H23FN2O4. The van der Waals surface area contributed by atoms with Crippen molar-refractivity contribution in [2.45, 2.75) is 24.5 Å². The molecule has 2 unspecified atom stereocenters. The highest BCUT2D eigenvalue weighted by Gasteiger charge is 2.29. The van der Waals surface area contributed by atoms with Gasteiger partial charge in [-0.2, -0.15) is 4.39 Å². The van der Waals surface area contributed by atoms with Crippen LogP contribution in [-0.2, 0) is 4.74 Å². The second-order valence-corrected chi connectivity index (χ2v) is 7.44. The molecular weight excluding hydrogens is 399 g/mol. The molecule has 0 saturated heterocycles. The van der Waals surface area contributed by atoms with Crippen molar-refractivity contribution in [3.63, 3.8) is 0 Å². The number of carbonyl (C=O) groups is 1. The van der Waals surface area contributed by atoms with Gasteiger partial charge in [-0.05, 0) is 34.7 Å². The molecule has 2 atom stereocenters. The summed E-state index contributed by atoms with van der Waals surface area (Å²) in [6.07, 6.45) is -2.02. The number of rotatable bonds is 7. The maximum Gasteiger partial charge on any atom is 0.407 e. The number of pyridine rings is 1. The van der Waals surface area contributed by atoms with E-state index in [1.807, 2.05) is 36.4 Å². The van der Waals surface area contributed by atoms with Crippen LogP contribution in [0.1, 0.15) is 35.1 Å². The number of alkyl carbamates (subject to hydrolysis) is 1. The first kappa shape index (κ1) is 21.0. The topological polar surface area (TPSA) is 91.7 Å². The minimum atomic E-state index is -1.43. The first-order valence-electron chi connectivity index (χ1n) is 10.1. The van der Waals surface area contributed by atoms with Gasteiger partial charge in [0.05, 0.1) is 6.10 Å². The number of amides is 1. The zero-order chi connectivity index (χ0) is 21.8. The van der Waals surface area contributed by atoms with Gasteiger partial charge in [0.2, 0.25) is 5.95 Å². The van der Waals surface area contributed by atoms with Crippen LogP contribution in [0.2, 0.25) is 0 Å². The Bertz CT molecular complexity index is 1030. The number of aliphatic hydroxyl groups excluding tert-OH is 2. The summed E-state index contributed by atoms with van der Waals surface area (Å²) < 4.78 is 19.1. The van der Waals surface area contributed by atoms with E-state index in [4.69, 9.17) is 4.74 Å². The molecule has 160 valence electrons. The van der Waals surface area contributed by atoms with Crippen LogP contribution in [0.3, 0.4) is 0 Å². The van der Waals surface area contributed by atoms with E-state index in [-0.39, 0.29) is 31.1 Å². The molecule has 2 aromatic carbocycles. The molecule has 4 rings (SSSR count). The van der Waals surface area contributed by atoms with Crippen molar-refractivity contribution in [1.82, 2.24) is 10.3 Å². The normalized spacial score (nSPS) is 14.4. The number of hydrogen-bond acceptors (Lipinski definition) is 5. The van der Waals surface area contributed by atoms with Gasteiger partial charge in [0, 0.05) is 24.2 Å². The molecule has 0 bridgehead atoms. The highest BCUT2D eigenvalue weighted by molar-refractivity contribution is 5.79. The van der Waals surface area contributed by atoms with Crippen LogP contribution >= 0.6 is 0 Å². The first-order valence-corrected chi connectivity index (χ1v) is 10.1. The Balaban J connectivity index is 1.29. The summed E-state index contributed by atoms with van der Waals surface area (Å²) in [6, 6.07) is 18.9. The minimum Gasteiger partial charge on any atom is -0.449 e. The summed E-state index contributed by atoms with van der Waals surface area (Å²) in [6.45, 7) is 0.253. The van der Waals surface area contributed by atoms with Crippen molar-refractivity contribution >= 4 is 6.09 Å². The quantitative estimate of drug-likeness (QED) is 0.507. The Kier molecular flexibility index (Phi) is 6.25. The van der Waals surface area contributed by atoms with Gasteiger partial charge in [-0.25, -0.2) is 9.78 Å². The predicted molar refractivity (Wildman–Crippen MR) is 113 cm³/mol. The molecule has 0 radical (unpaired) electrons. The Morgan fingerprint density at radius 3 is 2.32 bits per heavy atom. The molecule has 1 heterocycles. The zero-order valence-corrected chi connectivity index (χ0v) is 16.7. The highest BCUT2D eigenvalue weighted by Crippen LogP contribution is 2.44. The molecule has 3 N–H and O–H groups in total. The SMILES string of the molecule is O=C(NCCC(O)C(O)c1cccnc1F)OCC1c2ccccc2-c2ccccc21. The Labute approximate surface area is 179 Å². The number of benzene rings is 2. The van der Waals surface area contributed by atoms with E-state index in [9.17, 15) is 19.4 Å². The maximum atomic E-state index is 13.6. The van der Waals surface area contributed by atoms with Crippen LogP contribution in [0.25, 0.3) is 11.1 Å². The maximum absolute atomic E-state index is 13.6. The summed E-state index contributed by atoms with van der Waals surface area (Å²) in [5, 5.41) is 22.8. The number of nitrogens with one attached hydrogen (secondary N) is 1. The molecule has 1 aliphatic rings. The molecule has 0 spiro atoms. The number of carbonyl (C=O) groups excluding carboxylic acids is 1. The molecule has 1 aromatic heterocycles. The molecule has 1 aliphatic carbocycles. The Morgan fingerprint density at radius 2 is 1.68 bits per heavy atom. The van der Waals surface area contributed by atoms with E-state index < -0.39 is 24.2 Å². The van der Waals surface area contributed by atoms with Gasteiger partial charge >= 0.3 is 6.09 Å². The second-order valence-electron chi connectivity index (χ2n) is 7.44. The predicted octanol–water partition coefficient (Wildman–Crippen LogP) is 3.54. The monoisotopic (exact) mass is 422 g/mol. The third-order valence-corrected chi connectivity index (χ3v) is 5.52. The van der Waals surface area contributed by atoms with Crippen molar-refractivity contribution in [2.75, 3.05) is 13.2 Å². The molecule has 0 saturated carbocycles. The highest BCUT2D eigenvalue weighted by atomic mass is 19.1. The van der Waals surface area contributed by atoms with Gasteiger partial charge in [-0.15, -0.1) is 0 Å². The molecule has 3 aromatic rings. The van der Waals surface area contributed by atoms with Crippen LogP contribution in [0.15, 0.2) is 66.9 Å². The van der Waals surface area contributed by atoms with Gasteiger partial charge in [0.25, 0.3) is 0 Å². The number of halogens is 1. The van der Waals surface area contributed by atoms with Crippen LogP contribution in [-0.4, -0.2) is 40.5 Å². The average molecular weight is 422 g/mol. The van der Waals surface area contributed by atoms with Crippen LogP contribution < -0.4 is 5.32 Å². The lowest BCUT2D eigenvalue weighted by Crippen LogP contribution is -2.31. The fourth-order valence-corrected chi connectivity index (χ4v) is 3.96. The van der Waals surface area contributed by atoms with Crippen molar-refractivity contribution in [3.8, 4) is 11.1 Å². The molecule has 0 aliphatic heterocycles. The van der Waals surface area contributed by atoms with Gasteiger partial charge < -0.3 is 20.3 Å².